The van der Waals surface area contributed by atoms with E-state index in [2.05, 4.69) is 27.2 Å². The molecule has 0 atom stereocenters. The van der Waals surface area contributed by atoms with Crippen LogP contribution in [0, 0.1) is 12.8 Å². The lowest BCUT2D eigenvalue weighted by Gasteiger charge is -2.36. The van der Waals surface area contributed by atoms with Crippen molar-refractivity contribution in [3.05, 3.63) is 30.0 Å². The number of piperidine rings is 1. The molecule has 0 saturated carbocycles. The van der Waals surface area contributed by atoms with Crippen molar-refractivity contribution in [2.24, 2.45) is 5.92 Å². The zero-order valence-electron chi connectivity index (χ0n) is 16.1. The number of benzene rings is 1. The van der Waals surface area contributed by atoms with Crippen LogP contribution in [0.5, 0.6) is 0 Å². The standard InChI is InChI=1S/C19H24N4O2.CH2O2/c1-14-16-4-2-3-5-17(16)18(21-20-14)22-8-6-15(7-9-22)19(24)23-10-12-25-13-11-23;2-1-3/h2-5,15H,6-13H2,1H3;1H,(H,2,3). The first-order valence-electron chi connectivity index (χ1n) is 9.57. The van der Waals surface area contributed by atoms with Crippen LogP contribution in [-0.2, 0) is 14.3 Å². The molecule has 1 aromatic carbocycles. The highest BCUT2D eigenvalue weighted by molar-refractivity contribution is 5.93. The Morgan fingerprint density at radius 2 is 1.71 bits per heavy atom. The number of morpholine rings is 1. The van der Waals surface area contributed by atoms with Crippen LogP contribution in [0.2, 0.25) is 0 Å². The monoisotopic (exact) mass is 386 g/mol. The molecule has 0 spiro atoms. The van der Waals surface area contributed by atoms with Gasteiger partial charge in [0.2, 0.25) is 5.91 Å². The van der Waals surface area contributed by atoms with Crippen molar-refractivity contribution in [3.8, 4) is 0 Å². The first kappa shape index (κ1) is 20.0. The van der Waals surface area contributed by atoms with E-state index in [0.29, 0.717) is 19.1 Å². The van der Waals surface area contributed by atoms with Crippen LogP contribution in [0.15, 0.2) is 24.3 Å². The number of carbonyl (C=O) groups excluding carboxylic acids is 1. The van der Waals surface area contributed by atoms with Gasteiger partial charge in [-0.1, -0.05) is 24.3 Å². The second-order valence-corrected chi connectivity index (χ2v) is 6.96. The molecule has 28 heavy (non-hydrogen) atoms. The van der Waals surface area contributed by atoms with Gasteiger partial charge in [-0.25, -0.2) is 0 Å². The quantitative estimate of drug-likeness (QED) is 0.785. The number of hydrogen-bond acceptors (Lipinski definition) is 6. The van der Waals surface area contributed by atoms with Gasteiger partial charge in [0.1, 0.15) is 0 Å². The summed E-state index contributed by atoms with van der Waals surface area (Å²) in [7, 11) is 0. The molecule has 3 heterocycles. The normalized spacial score (nSPS) is 17.8. The first-order valence-corrected chi connectivity index (χ1v) is 9.57. The van der Waals surface area contributed by atoms with Crippen molar-refractivity contribution in [2.45, 2.75) is 19.8 Å². The highest BCUT2D eigenvalue weighted by Gasteiger charge is 2.30. The number of rotatable bonds is 2. The summed E-state index contributed by atoms with van der Waals surface area (Å²) in [4.78, 5) is 25.3. The third kappa shape index (κ3) is 4.39. The summed E-state index contributed by atoms with van der Waals surface area (Å²) < 4.78 is 5.35. The Kier molecular flexibility index (Phi) is 6.76. The van der Waals surface area contributed by atoms with Crippen LogP contribution in [0.4, 0.5) is 5.82 Å². The number of hydrogen-bond donors (Lipinski definition) is 1. The number of aryl methyl sites for hydroxylation is 1. The number of anilines is 1. The zero-order chi connectivity index (χ0) is 19.9. The molecule has 0 radical (unpaired) electrons. The maximum absolute atomic E-state index is 12.7. The SMILES string of the molecule is Cc1nnc(N2CCC(C(=O)N3CCOCC3)CC2)c2ccccc12.O=CO. The summed E-state index contributed by atoms with van der Waals surface area (Å²) in [5.74, 6) is 1.36. The van der Waals surface area contributed by atoms with Gasteiger partial charge < -0.3 is 19.6 Å². The van der Waals surface area contributed by atoms with Crippen molar-refractivity contribution < 1.29 is 19.4 Å². The molecule has 8 heteroatoms. The van der Waals surface area contributed by atoms with Crippen LogP contribution in [0.1, 0.15) is 18.5 Å². The molecule has 150 valence electrons. The minimum absolute atomic E-state index is 0.124. The number of fused-ring (bicyclic) bond motifs is 1. The van der Waals surface area contributed by atoms with Gasteiger partial charge in [-0.05, 0) is 19.8 Å². The second-order valence-electron chi connectivity index (χ2n) is 6.96. The van der Waals surface area contributed by atoms with Gasteiger partial charge in [-0.2, -0.15) is 5.10 Å². The Labute approximate surface area is 164 Å². The fourth-order valence-electron chi connectivity index (χ4n) is 3.84. The number of carboxylic acid groups (broad SMARTS) is 1. The maximum atomic E-state index is 12.7. The smallest absolute Gasteiger partial charge is 0.290 e. The lowest BCUT2D eigenvalue weighted by atomic mass is 9.94. The number of ether oxygens (including phenoxy) is 1. The summed E-state index contributed by atoms with van der Waals surface area (Å²) in [5, 5.41) is 18.0. The highest BCUT2D eigenvalue weighted by Crippen LogP contribution is 2.29. The third-order valence-electron chi connectivity index (χ3n) is 5.32. The highest BCUT2D eigenvalue weighted by atomic mass is 16.5. The van der Waals surface area contributed by atoms with Crippen LogP contribution >= 0.6 is 0 Å². The van der Waals surface area contributed by atoms with Crippen molar-refractivity contribution in [2.75, 3.05) is 44.3 Å². The number of amides is 1. The van der Waals surface area contributed by atoms with E-state index < -0.39 is 0 Å². The van der Waals surface area contributed by atoms with Crippen LogP contribution in [0.25, 0.3) is 10.8 Å². The van der Waals surface area contributed by atoms with E-state index in [1.54, 1.807) is 0 Å². The second kappa shape index (κ2) is 9.45. The summed E-state index contributed by atoms with van der Waals surface area (Å²) in [6.07, 6.45) is 1.75. The van der Waals surface area contributed by atoms with E-state index >= 15 is 0 Å². The Balaban J connectivity index is 0.000000706. The Morgan fingerprint density at radius 1 is 1.11 bits per heavy atom. The lowest BCUT2D eigenvalue weighted by Crippen LogP contribution is -2.47. The average Bonchev–Trinajstić information content (AvgIpc) is 2.75. The fourth-order valence-corrected chi connectivity index (χ4v) is 3.84. The van der Waals surface area contributed by atoms with Gasteiger partial charge in [0.05, 0.1) is 18.9 Å². The number of carbonyl (C=O) groups is 2. The molecule has 4 rings (SSSR count). The third-order valence-corrected chi connectivity index (χ3v) is 5.32. The molecule has 0 aliphatic carbocycles. The number of nitrogens with zero attached hydrogens (tertiary/aromatic N) is 4. The van der Waals surface area contributed by atoms with Crippen molar-refractivity contribution in [3.63, 3.8) is 0 Å². The van der Waals surface area contributed by atoms with Gasteiger partial charge in [0.25, 0.3) is 6.47 Å². The lowest BCUT2D eigenvalue weighted by molar-refractivity contribution is -0.140. The van der Waals surface area contributed by atoms with Crippen molar-refractivity contribution in [1.29, 1.82) is 0 Å². The molecule has 2 aliphatic rings. The van der Waals surface area contributed by atoms with E-state index in [1.807, 2.05) is 24.0 Å². The summed E-state index contributed by atoms with van der Waals surface area (Å²) >= 11 is 0. The molecule has 8 nitrogen and oxygen atoms in total. The fraction of sp³-hybridized carbons (Fsp3) is 0.500. The van der Waals surface area contributed by atoms with Gasteiger partial charge in [0.15, 0.2) is 5.82 Å². The molecule has 0 unspecified atom stereocenters. The van der Waals surface area contributed by atoms with E-state index in [1.165, 1.54) is 0 Å². The van der Waals surface area contributed by atoms with E-state index in [9.17, 15) is 4.79 Å². The van der Waals surface area contributed by atoms with Crippen LogP contribution < -0.4 is 4.90 Å². The molecule has 2 saturated heterocycles. The molecule has 2 aliphatic heterocycles. The largest absolute Gasteiger partial charge is 0.483 e. The van der Waals surface area contributed by atoms with Gasteiger partial charge in [-0.3, -0.25) is 9.59 Å². The Hall–Kier alpha value is -2.74. The minimum Gasteiger partial charge on any atom is -0.483 e. The predicted molar refractivity (Wildman–Crippen MR) is 105 cm³/mol. The average molecular weight is 386 g/mol. The van der Waals surface area contributed by atoms with Crippen molar-refractivity contribution >= 4 is 29.0 Å². The van der Waals surface area contributed by atoms with Crippen LogP contribution in [0.3, 0.4) is 0 Å². The Morgan fingerprint density at radius 3 is 2.36 bits per heavy atom. The molecule has 2 aromatic rings. The molecule has 1 N–H and O–H groups in total. The molecule has 1 aromatic heterocycles. The molecule has 0 bridgehead atoms. The Bertz CT molecular complexity index is 815. The summed E-state index contributed by atoms with van der Waals surface area (Å²) in [6.45, 7) is 6.22. The van der Waals surface area contributed by atoms with Crippen molar-refractivity contribution in [1.82, 2.24) is 15.1 Å². The molecular weight excluding hydrogens is 360 g/mol. The van der Waals surface area contributed by atoms with E-state index in [4.69, 9.17) is 14.6 Å². The topological polar surface area (TPSA) is 95.9 Å². The van der Waals surface area contributed by atoms with Gasteiger partial charge >= 0.3 is 0 Å². The zero-order valence-corrected chi connectivity index (χ0v) is 16.1. The van der Waals surface area contributed by atoms with Gasteiger partial charge in [-0.15, -0.1) is 5.10 Å². The summed E-state index contributed by atoms with van der Waals surface area (Å²) in [5.41, 5.74) is 0.955. The van der Waals surface area contributed by atoms with E-state index in [-0.39, 0.29) is 12.4 Å². The maximum Gasteiger partial charge on any atom is 0.290 e. The first-order chi connectivity index (χ1) is 13.7. The summed E-state index contributed by atoms with van der Waals surface area (Å²) in [6, 6.07) is 8.28. The molecule has 2 fully saturated rings. The molecular formula is C20H26N4O4. The predicted octanol–water partition coefficient (Wildman–Crippen LogP) is 1.71. The minimum atomic E-state index is -0.250. The van der Waals surface area contributed by atoms with Gasteiger partial charge in [0, 0.05) is 42.9 Å². The van der Waals surface area contributed by atoms with E-state index in [0.717, 1.165) is 61.3 Å². The molecule has 1 amide bonds. The van der Waals surface area contributed by atoms with Crippen LogP contribution in [-0.4, -0.2) is 72.0 Å². The number of aromatic nitrogens is 2.